The Hall–Kier alpha value is -0.980. The lowest BCUT2D eigenvalue weighted by molar-refractivity contribution is 0.220. The first-order chi connectivity index (χ1) is 8.97. The Morgan fingerprint density at radius 3 is 2.68 bits per heavy atom. The second kappa shape index (κ2) is 5.98. The highest BCUT2D eigenvalue weighted by molar-refractivity contribution is 7.88. The topological polar surface area (TPSA) is 62.3 Å². The Bertz CT molecular complexity index is 504. The summed E-state index contributed by atoms with van der Waals surface area (Å²) in [5.41, 5.74) is 1.20. The molecule has 0 radical (unpaired) electrons. The Balaban J connectivity index is 1.87. The molecule has 0 bridgehead atoms. The monoisotopic (exact) mass is 283 g/mol. The van der Waals surface area contributed by atoms with Crippen molar-refractivity contribution in [2.75, 3.05) is 19.3 Å². The summed E-state index contributed by atoms with van der Waals surface area (Å²) in [6, 6.07) is 4.35. The first-order valence-corrected chi connectivity index (χ1v) is 8.39. The van der Waals surface area contributed by atoms with Crippen LogP contribution in [0.15, 0.2) is 24.5 Å². The summed E-state index contributed by atoms with van der Waals surface area (Å²) >= 11 is 0. The standard InChI is InChI=1S/C13H21N3O2S/c1-11-10-16(19(2,17)18)8-5-13(11)15-9-12-3-6-14-7-4-12/h3-4,6-7,11,13,15H,5,8-10H2,1-2H3/t11-,13-/m0/s1. The molecule has 2 atom stereocenters. The average Bonchev–Trinajstić information content (AvgIpc) is 2.37. The van der Waals surface area contributed by atoms with Gasteiger partial charge in [-0.3, -0.25) is 4.98 Å². The zero-order chi connectivity index (χ0) is 13.9. The lowest BCUT2D eigenvalue weighted by atomic mass is 9.95. The Morgan fingerprint density at radius 1 is 1.42 bits per heavy atom. The van der Waals surface area contributed by atoms with Crippen molar-refractivity contribution in [1.82, 2.24) is 14.6 Å². The van der Waals surface area contributed by atoms with Crippen molar-refractivity contribution in [2.45, 2.75) is 25.9 Å². The van der Waals surface area contributed by atoms with Gasteiger partial charge in [0, 0.05) is 38.1 Å². The molecule has 0 aromatic carbocycles. The zero-order valence-electron chi connectivity index (χ0n) is 11.4. The molecule has 1 aliphatic heterocycles. The lowest BCUT2D eigenvalue weighted by Gasteiger charge is -2.36. The van der Waals surface area contributed by atoms with Crippen molar-refractivity contribution >= 4 is 10.0 Å². The second-order valence-corrected chi connectivity index (χ2v) is 7.21. The number of nitrogens with one attached hydrogen (secondary N) is 1. The molecule has 2 rings (SSSR count). The lowest BCUT2D eigenvalue weighted by Crippen LogP contribution is -2.49. The minimum absolute atomic E-state index is 0.324. The molecule has 6 heteroatoms. The van der Waals surface area contributed by atoms with Gasteiger partial charge in [0.25, 0.3) is 0 Å². The van der Waals surface area contributed by atoms with E-state index in [1.165, 1.54) is 11.8 Å². The Morgan fingerprint density at radius 2 is 2.11 bits per heavy atom. The third kappa shape index (κ3) is 3.99. The van der Waals surface area contributed by atoms with Crippen molar-refractivity contribution in [1.29, 1.82) is 0 Å². The summed E-state index contributed by atoms with van der Waals surface area (Å²) in [5, 5.41) is 3.51. The average molecular weight is 283 g/mol. The van der Waals surface area contributed by atoms with Gasteiger partial charge in [0.15, 0.2) is 0 Å². The van der Waals surface area contributed by atoms with Crippen molar-refractivity contribution in [3.63, 3.8) is 0 Å². The molecular weight excluding hydrogens is 262 g/mol. The third-order valence-corrected chi connectivity index (χ3v) is 4.92. The van der Waals surface area contributed by atoms with Gasteiger partial charge in [-0.05, 0) is 30.0 Å². The highest BCUT2D eigenvalue weighted by Gasteiger charge is 2.29. The van der Waals surface area contributed by atoms with Crippen molar-refractivity contribution in [3.8, 4) is 0 Å². The fourth-order valence-corrected chi connectivity index (χ4v) is 3.40. The van der Waals surface area contributed by atoms with E-state index in [-0.39, 0.29) is 0 Å². The van der Waals surface area contributed by atoms with Gasteiger partial charge >= 0.3 is 0 Å². The summed E-state index contributed by atoms with van der Waals surface area (Å²) in [5.74, 6) is 0.324. The highest BCUT2D eigenvalue weighted by Crippen LogP contribution is 2.19. The van der Waals surface area contributed by atoms with Crippen LogP contribution in [0.2, 0.25) is 0 Å². The SMILES string of the molecule is C[C@H]1CN(S(C)(=O)=O)CC[C@@H]1NCc1ccncc1. The first kappa shape index (κ1) is 14.4. The van der Waals surface area contributed by atoms with Crippen LogP contribution in [0.3, 0.4) is 0 Å². The molecule has 1 N–H and O–H groups in total. The predicted molar refractivity (Wildman–Crippen MR) is 75.1 cm³/mol. The molecule has 1 saturated heterocycles. The Labute approximate surface area is 115 Å². The number of rotatable bonds is 4. The molecule has 106 valence electrons. The van der Waals surface area contributed by atoms with E-state index >= 15 is 0 Å². The number of pyridine rings is 1. The van der Waals surface area contributed by atoms with Gasteiger partial charge in [0.2, 0.25) is 10.0 Å². The molecule has 1 fully saturated rings. The largest absolute Gasteiger partial charge is 0.310 e. The summed E-state index contributed by atoms with van der Waals surface area (Å²) in [7, 11) is -3.05. The summed E-state index contributed by atoms with van der Waals surface area (Å²) < 4.78 is 24.6. The van der Waals surface area contributed by atoms with E-state index < -0.39 is 10.0 Å². The molecule has 5 nitrogen and oxygen atoms in total. The van der Waals surface area contributed by atoms with Crippen LogP contribution in [0, 0.1) is 5.92 Å². The van der Waals surface area contributed by atoms with Crippen molar-refractivity contribution < 1.29 is 8.42 Å². The number of nitrogens with zero attached hydrogens (tertiary/aromatic N) is 2. The van der Waals surface area contributed by atoms with Crippen molar-refractivity contribution in [3.05, 3.63) is 30.1 Å². The summed E-state index contributed by atoms with van der Waals surface area (Å²) in [6.45, 7) is 4.11. The van der Waals surface area contributed by atoms with Gasteiger partial charge in [-0.25, -0.2) is 12.7 Å². The van der Waals surface area contributed by atoms with Crippen LogP contribution in [-0.4, -0.2) is 43.1 Å². The minimum Gasteiger partial charge on any atom is -0.310 e. The molecule has 0 aliphatic carbocycles. The molecule has 1 aromatic rings. The van der Waals surface area contributed by atoms with Crippen LogP contribution in [0.5, 0.6) is 0 Å². The number of aromatic nitrogens is 1. The fraction of sp³-hybridized carbons (Fsp3) is 0.615. The maximum absolute atomic E-state index is 11.5. The first-order valence-electron chi connectivity index (χ1n) is 6.54. The normalized spacial score (nSPS) is 25.4. The number of sulfonamides is 1. The van der Waals surface area contributed by atoms with E-state index in [1.54, 1.807) is 16.7 Å². The molecular formula is C13H21N3O2S. The van der Waals surface area contributed by atoms with E-state index in [0.29, 0.717) is 25.0 Å². The molecule has 1 aliphatic rings. The number of piperidine rings is 1. The van der Waals surface area contributed by atoms with Gasteiger partial charge in [-0.2, -0.15) is 0 Å². The van der Waals surface area contributed by atoms with Crippen LogP contribution in [0.4, 0.5) is 0 Å². The smallest absolute Gasteiger partial charge is 0.211 e. The zero-order valence-corrected chi connectivity index (χ0v) is 12.2. The van der Waals surface area contributed by atoms with Crippen LogP contribution in [0.1, 0.15) is 18.9 Å². The maximum atomic E-state index is 11.5. The van der Waals surface area contributed by atoms with Gasteiger partial charge in [-0.15, -0.1) is 0 Å². The molecule has 0 unspecified atom stereocenters. The van der Waals surface area contributed by atoms with Crippen molar-refractivity contribution in [2.24, 2.45) is 5.92 Å². The highest BCUT2D eigenvalue weighted by atomic mass is 32.2. The summed E-state index contributed by atoms with van der Waals surface area (Å²) in [6.07, 6.45) is 5.71. The molecule has 0 saturated carbocycles. The van der Waals surface area contributed by atoms with Crippen LogP contribution in [0.25, 0.3) is 0 Å². The van der Waals surface area contributed by atoms with Crippen LogP contribution < -0.4 is 5.32 Å². The Kier molecular flexibility index (Phi) is 4.54. The molecule has 2 heterocycles. The molecule has 19 heavy (non-hydrogen) atoms. The number of hydrogen-bond acceptors (Lipinski definition) is 4. The van der Waals surface area contributed by atoms with E-state index in [9.17, 15) is 8.42 Å². The van der Waals surface area contributed by atoms with Crippen LogP contribution in [-0.2, 0) is 16.6 Å². The molecule has 1 aromatic heterocycles. The van der Waals surface area contributed by atoms with E-state index in [2.05, 4.69) is 17.2 Å². The molecule has 0 spiro atoms. The van der Waals surface area contributed by atoms with Crippen LogP contribution >= 0.6 is 0 Å². The van der Waals surface area contributed by atoms with E-state index in [1.807, 2.05) is 12.1 Å². The van der Waals surface area contributed by atoms with E-state index in [0.717, 1.165) is 13.0 Å². The minimum atomic E-state index is -3.05. The second-order valence-electron chi connectivity index (χ2n) is 5.23. The summed E-state index contributed by atoms with van der Waals surface area (Å²) in [4.78, 5) is 3.99. The third-order valence-electron chi connectivity index (χ3n) is 3.65. The van der Waals surface area contributed by atoms with Gasteiger partial charge < -0.3 is 5.32 Å². The maximum Gasteiger partial charge on any atom is 0.211 e. The number of hydrogen-bond donors (Lipinski definition) is 1. The quantitative estimate of drug-likeness (QED) is 0.889. The van der Waals surface area contributed by atoms with Gasteiger partial charge in [0.05, 0.1) is 6.26 Å². The van der Waals surface area contributed by atoms with E-state index in [4.69, 9.17) is 0 Å². The van der Waals surface area contributed by atoms with Gasteiger partial charge in [-0.1, -0.05) is 6.92 Å². The predicted octanol–water partition coefficient (Wildman–Crippen LogP) is 0.841. The van der Waals surface area contributed by atoms with Gasteiger partial charge in [0.1, 0.15) is 0 Å². The molecule has 0 amide bonds. The fourth-order valence-electron chi connectivity index (χ4n) is 2.46.